The van der Waals surface area contributed by atoms with E-state index in [1.54, 1.807) is 6.92 Å². The molecule has 1 aromatic heterocycles. The number of rotatable bonds is 2. The Bertz CT molecular complexity index is 632. The summed E-state index contributed by atoms with van der Waals surface area (Å²) in [5.74, 6) is 0. The van der Waals surface area contributed by atoms with Crippen molar-refractivity contribution in [3.63, 3.8) is 0 Å². The van der Waals surface area contributed by atoms with E-state index < -0.39 is 17.8 Å². The van der Waals surface area contributed by atoms with Crippen LogP contribution in [0.25, 0.3) is 0 Å². The van der Waals surface area contributed by atoms with E-state index in [2.05, 4.69) is 4.98 Å². The number of nitrogens with zero attached hydrogens (tertiary/aromatic N) is 1. The number of aromatic nitrogens is 1. The first-order valence-electron chi connectivity index (χ1n) is 6.07. The van der Waals surface area contributed by atoms with Crippen molar-refractivity contribution < 1.29 is 13.2 Å². The Morgan fingerprint density at radius 3 is 2.30 bits per heavy atom. The Morgan fingerprint density at radius 1 is 1.20 bits per heavy atom. The molecule has 20 heavy (non-hydrogen) atoms. The molecule has 0 aliphatic carbocycles. The van der Waals surface area contributed by atoms with E-state index in [-0.39, 0.29) is 0 Å². The molecular weight excluding hydrogens is 285 g/mol. The summed E-state index contributed by atoms with van der Waals surface area (Å²) < 4.78 is 38.0. The number of nitrogens with two attached hydrogens (primary N) is 1. The Balaban J connectivity index is 2.41. The van der Waals surface area contributed by atoms with Crippen molar-refractivity contribution in [2.24, 2.45) is 5.73 Å². The van der Waals surface area contributed by atoms with Gasteiger partial charge in [0.1, 0.15) is 0 Å². The summed E-state index contributed by atoms with van der Waals surface area (Å²) in [5.41, 5.74) is 7.60. The van der Waals surface area contributed by atoms with Crippen LogP contribution < -0.4 is 5.73 Å². The van der Waals surface area contributed by atoms with E-state index in [0.29, 0.717) is 11.1 Å². The van der Waals surface area contributed by atoms with E-state index in [1.807, 2.05) is 13.8 Å². The molecule has 0 bridgehead atoms. The zero-order valence-corrected chi connectivity index (χ0v) is 12.2. The summed E-state index contributed by atoms with van der Waals surface area (Å²) in [7, 11) is 0. The van der Waals surface area contributed by atoms with Crippen LogP contribution in [-0.4, -0.2) is 4.98 Å². The van der Waals surface area contributed by atoms with Crippen molar-refractivity contribution in [1.82, 2.24) is 4.98 Å². The maximum Gasteiger partial charge on any atom is 0.416 e. The molecule has 0 radical (unpaired) electrons. The molecule has 0 spiro atoms. The first-order chi connectivity index (χ1) is 9.20. The summed E-state index contributed by atoms with van der Waals surface area (Å²) in [6, 6.07) is 3.23. The molecule has 0 aliphatic rings. The van der Waals surface area contributed by atoms with Gasteiger partial charge in [0.15, 0.2) is 0 Å². The third-order valence-electron chi connectivity index (χ3n) is 3.15. The molecule has 0 aliphatic heterocycles. The number of thiazole rings is 1. The Hall–Kier alpha value is -1.40. The van der Waals surface area contributed by atoms with Crippen molar-refractivity contribution in [3.05, 3.63) is 50.5 Å². The van der Waals surface area contributed by atoms with E-state index >= 15 is 0 Å². The van der Waals surface area contributed by atoms with Crippen LogP contribution in [0.5, 0.6) is 0 Å². The third-order valence-corrected chi connectivity index (χ3v) is 4.31. The van der Waals surface area contributed by atoms with Gasteiger partial charge in [-0.05, 0) is 44.0 Å². The summed E-state index contributed by atoms with van der Waals surface area (Å²) in [5, 5.41) is 0.900. The molecule has 1 atom stereocenters. The van der Waals surface area contributed by atoms with Crippen LogP contribution in [0, 0.1) is 20.8 Å². The van der Waals surface area contributed by atoms with E-state index in [1.165, 1.54) is 17.4 Å². The second-order valence-corrected chi connectivity index (χ2v) is 5.96. The molecule has 108 valence electrons. The zero-order chi connectivity index (χ0) is 15.1. The maximum atomic E-state index is 12.7. The molecular formula is C14H15F3N2S. The van der Waals surface area contributed by atoms with Crippen LogP contribution in [0.1, 0.15) is 38.3 Å². The number of aryl methyl sites for hydroxylation is 3. The molecule has 0 fully saturated rings. The average Bonchev–Trinajstić information content (AvgIpc) is 2.66. The maximum absolute atomic E-state index is 12.7. The highest BCUT2D eigenvalue weighted by atomic mass is 32.1. The number of benzene rings is 1. The lowest BCUT2D eigenvalue weighted by atomic mass is 9.97. The van der Waals surface area contributed by atoms with Crippen LogP contribution in [0.15, 0.2) is 18.2 Å². The Kier molecular flexibility index (Phi) is 3.88. The minimum atomic E-state index is -4.33. The lowest BCUT2D eigenvalue weighted by Gasteiger charge is -2.16. The molecule has 1 heterocycles. The van der Waals surface area contributed by atoms with Crippen molar-refractivity contribution >= 4 is 11.3 Å². The number of hydrogen-bond donors (Lipinski definition) is 1. The fraction of sp³-hybridized carbons (Fsp3) is 0.357. The van der Waals surface area contributed by atoms with Crippen molar-refractivity contribution in [1.29, 1.82) is 0 Å². The van der Waals surface area contributed by atoms with Gasteiger partial charge in [-0.25, -0.2) is 4.98 Å². The first kappa shape index (κ1) is 15.0. The predicted octanol–water partition coefficient (Wildman–Crippen LogP) is 4.14. The first-order valence-corrected chi connectivity index (χ1v) is 6.89. The summed E-state index contributed by atoms with van der Waals surface area (Å²) >= 11 is 1.48. The van der Waals surface area contributed by atoms with Crippen molar-refractivity contribution in [2.75, 3.05) is 0 Å². The van der Waals surface area contributed by atoms with Crippen molar-refractivity contribution in [3.8, 4) is 0 Å². The van der Waals surface area contributed by atoms with Crippen LogP contribution >= 0.6 is 11.3 Å². The van der Waals surface area contributed by atoms with Gasteiger partial charge in [0.25, 0.3) is 0 Å². The number of alkyl halides is 3. The van der Waals surface area contributed by atoms with E-state index in [0.717, 1.165) is 27.7 Å². The minimum absolute atomic E-state index is 0.441. The molecule has 0 amide bonds. The second-order valence-electron chi connectivity index (χ2n) is 4.73. The van der Waals surface area contributed by atoms with Gasteiger partial charge in [0, 0.05) is 4.88 Å². The predicted molar refractivity (Wildman–Crippen MR) is 73.8 cm³/mol. The van der Waals surface area contributed by atoms with Gasteiger partial charge < -0.3 is 5.73 Å². The van der Waals surface area contributed by atoms with Crippen LogP contribution in [0.2, 0.25) is 0 Å². The fourth-order valence-corrected chi connectivity index (χ4v) is 3.13. The fourth-order valence-electron chi connectivity index (χ4n) is 2.18. The Morgan fingerprint density at radius 2 is 1.85 bits per heavy atom. The van der Waals surface area contributed by atoms with Crippen LogP contribution in [0.4, 0.5) is 13.2 Å². The monoisotopic (exact) mass is 300 g/mol. The summed E-state index contributed by atoms with van der Waals surface area (Å²) in [6.45, 7) is 5.39. The Labute approximate surface area is 119 Å². The third kappa shape index (κ3) is 2.86. The topological polar surface area (TPSA) is 38.9 Å². The van der Waals surface area contributed by atoms with Crippen molar-refractivity contribution in [2.45, 2.75) is 33.0 Å². The lowest BCUT2D eigenvalue weighted by Crippen LogP contribution is -2.14. The number of halogens is 3. The largest absolute Gasteiger partial charge is 0.416 e. The number of hydrogen-bond acceptors (Lipinski definition) is 3. The SMILES string of the molecule is Cc1nc(C)c(C(N)c2ccc(C(F)(F)F)cc2C)s1. The molecule has 1 aromatic carbocycles. The summed E-state index contributed by atoms with van der Waals surface area (Å²) in [4.78, 5) is 5.20. The second kappa shape index (κ2) is 5.18. The van der Waals surface area contributed by atoms with Gasteiger partial charge in [0.05, 0.1) is 22.3 Å². The van der Waals surface area contributed by atoms with Gasteiger partial charge >= 0.3 is 6.18 Å². The van der Waals surface area contributed by atoms with Crippen LogP contribution in [0.3, 0.4) is 0 Å². The van der Waals surface area contributed by atoms with Gasteiger partial charge in [-0.1, -0.05) is 6.07 Å². The molecule has 2 N–H and O–H groups in total. The summed E-state index contributed by atoms with van der Waals surface area (Å²) in [6.07, 6.45) is -4.33. The molecule has 2 aromatic rings. The molecule has 2 nitrogen and oxygen atoms in total. The zero-order valence-electron chi connectivity index (χ0n) is 11.4. The van der Waals surface area contributed by atoms with E-state index in [9.17, 15) is 13.2 Å². The van der Waals surface area contributed by atoms with Crippen LogP contribution in [-0.2, 0) is 6.18 Å². The molecule has 1 unspecified atom stereocenters. The van der Waals surface area contributed by atoms with E-state index in [4.69, 9.17) is 5.73 Å². The normalized spacial score (nSPS) is 13.6. The van der Waals surface area contributed by atoms with Gasteiger partial charge in [0.2, 0.25) is 0 Å². The van der Waals surface area contributed by atoms with Gasteiger partial charge in [-0.2, -0.15) is 13.2 Å². The highest BCUT2D eigenvalue weighted by molar-refractivity contribution is 7.11. The quantitative estimate of drug-likeness (QED) is 0.905. The smallest absolute Gasteiger partial charge is 0.320 e. The van der Waals surface area contributed by atoms with Gasteiger partial charge in [-0.3, -0.25) is 0 Å². The molecule has 0 saturated carbocycles. The minimum Gasteiger partial charge on any atom is -0.320 e. The standard InChI is InChI=1S/C14H15F3N2S/c1-7-6-10(14(15,16)17)4-5-11(7)12(18)13-8(2)19-9(3)20-13/h4-6,12H,18H2,1-3H3. The molecule has 0 saturated heterocycles. The molecule has 6 heteroatoms. The lowest BCUT2D eigenvalue weighted by molar-refractivity contribution is -0.137. The van der Waals surface area contributed by atoms with Gasteiger partial charge in [-0.15, -0.1) is 11.3 Å². The molecule has 2 rings (SSSR count). The highest BCUT2D eigenvalue weighted by Crippen LogP contribution is 2.34. The average molecular weight is 300 g/mol. The highest BCUT2D eigenvalue weighted by Gasteiger charge is 2.31.